The van der Waals surface area contributed by atoms with Crippen LogP contribution >= 0.6 is 0 Å². The van der Waals surface area contributed by atoms with E-state index in [0.29, 0.717) is 5.89 Å². The second-order valence-corrected chi connectivity index (χ2v) is 8.79. The minimum Gasteiger partial charge on any atom is -0.436 e. The highest BCUT2D eigenvalue weighted by Crippen LogP contribution is 2.32. The molecule has 5 heteroatoms. The lowest BCUT2D eigenvalue weighted by Gasteiger charge is -2.09. The zero-order chi connectivity index (χ0) is 25.4. The van der Waals surface area contributed by atoms with Crippen molar-refractivity contribution in [1.82, 2.24) is 4.98 Å². The van der Waals surface area contributed by atoms with Crippen LogP contribution in [0.3, 0.4) is 0 Å². The number of rotatable bonds is 4. The standard InChI is InChI=1S/C32H20F3NO/c33-32(34,35)28-19-17-26(18-20-28)24-11-9-22(10-12-24)21-5-7-23(8-6-21)25-13-15-27(16-14-25)31-36-29-3-1-2-4-30(29)37-31/h1-20H. The van der Waals surface area contributed by atoms with E-state index in [2.05, 4.69) is 41.4 Å². The van der Waals surface area contributed by atoms with E-state index in [9.17, 15) is 13.2 Å². The zero-order valence-electron chi connectivity index (χ0n) is 19.5. The molecule has 0 spiro atoms. The van der Waals surface area contributed by atoms with Crippen LogP contribution in [0.2, 0.25) is 0 Å². The first-order valence-corrected chi connectivity index (χ1v) is 11.8. The molecule has 0 saturated heterocycles. The predicted molar refractivity (Wildman–Crippen MR) is 141 cm³/mol. The van der Waals surface area contributed by atoms with Crippen LogP contribution in [0.15, 0.2) is 126 Å². The Balaban J connectivity index is 1.18. The third-order valence-electron chi connectivity index (χ3n) is 6.41. The molecule has 0 amide bonds. The first kappa shape index (κ1) is 22.8. The van der Waals surface area contributed by atoms with E-state index in [4.69, 9.17) is 4.42 Å². The largest absolute Gasteiger partial charge is 0.436 e. The molecule has 0 aliphatic rings. The summed E-state index contributed by atoms with van der Waals surface area (Å²) < 4.78 is 44.3. The van der Waals surface area contributed by atoms with Crippen LogP contribution in [0.25, 0.3) is 55.9 Å². The van der Waals surface area contributed by atoms with Gasteiger partial charge in [0.25, 0.3) is 0 Å². The smallest absolute Gasteiger partial charge is 0.416 e. The predicted octanol–water partition coefficient (Wildman–Crippen LogP) is 9.51. The number of hydrogen-bond acceptors (Lipinski definition) is 2. The normalized spacial score (nSPS) is 11.6. The van der Waals surface area contributed by atoms with E-state index in [1.54, 1.807) is 0 Å². The molecule has 180 valence electrons. The Hall–Kier alpha value is -4.64. The lowest BCUT2D eigenvalue weighted by atomic mass is 9.97. The number of hydrogen-bond donors (Lipinski definition) is 0. The van der Waals surface area contributed by atoms with Crippen LogP contribution in [0, 0.1) is 0 Å². The van der Waals surface area contributed by atoms with Crippen molar-refractivity contribution in [3.8, 4) is 44.8 Å². The molecule has 0 aliphatic heterocycles. The van der Waals surface area contributed by atoms with Crippen molar-refractivity contribution < 1.29 is 17.6 Å². The van der Waals surface area contributed by atoms with Crippen LogP contribution in [0.5, 0.6) is 0 Å². The number of nitrogens with zero attached hydrogens (tertiary/aromatic N) is 1. The summed E-state index contributed by atoms with van der Waals surface area (Å²) in [6.07, 6.45) is -4.33. The molecule has 2 nitrogen and oxygen atoms in total. The fourth-order valence-electron chi connectivity index (χ4n) is 4.36. The molecular weight excluding hydrogens is 471 g/mol. The van der Waals surface area contributed by atoms with Gasteiger partial charge in [-0.1, -0.05) is 84.9 Å². The summed E-state index contributed by atoms with van der Waals surface area (Å²) in [5, 5.41) is 0. The third-order valence-corrected chi connectivity index (χ3v) is 6.41. The van der Waals surface area contributed by atoms with Gasteiger partial charge < -0.3 is 4.42 Å². The Labute approximate surface area is 211 Å². The van der Waals surface area contributed by atoms with Crippen LogP contribution in [0.4, 0.5) is 13.2 Å². The van der Waals surface area contributed by atoms with Crippen molar-refractivity contribution in [2.24, 2.45) is 0 Å². The lowest BCUT2D eigenvalue weighted by Crippen LogP contribution is -2.03. The van der Waals surface area contributed by atoms with Crippen LogP contribution in [-0.2, 0) is 6.18 Å². The first-order valence-electron chi connectivity index (χ1n) is 11.8. The van der Waals surface area contributed by atoms with E-state index >= 15 is 0 Å². The average Bonchev–Trinajstić information content (AvgIpc) is 3.38. The molecule has 37 heavy (non-hydrogen) atoms. The van der Waals surface area contributed by atoms with Gasteiger partial charge in [-0.15, -0.1) is 0 Å². The molecule has 0 radical (unpaired) electrons. The van der Waals surface area contributed by atoms with Crippen molar-refractivity contribution in [2.45, 2.75) is 6.18 Å². The molecule has 0 unspecified atom stereocenters. The van der Waals surface area contributed by atoms with Crippen LogP contribution in [-0.4, -0.2) is 4.98 Å². The van der Waals surface area contributed by atoms with Gasteiger partial charge in [0.2, 0.25) is 5.89 Å². The number of alkyl halides is 3. The minimum absolute atomic E-state index is 0.600. The van der Waals surface area contributed by atoms with Gasteiger partial charge in [-0.3, -0.25) is 0 Å². The highest BCUT2D eigenvalue weighted by atomic mass is 19.4. The zero-order valence-corrected chi connectivity index (χ0v) is 19.5. The minimum atomic E-state index is -4.33. The monoisotopic (exact) mass is 491 g/mol. The number of para-hydroxylation sites is 2. The van der Waals surface area contributed by atoms with E-state index in [0.717, 1.165) is 62.2 Å². The summed E-state index contributed by atoms with van der Waals surface area (Å²) in [5.74, 6) is 0.600. The highest BCUT2D eigenvalue weighted by Gasteiger charge is 2.29. The SMILES string of the molecule is FC(F)(F)c1ccc(-c2ccc(-c3ccc(-c4ccc(-c5nc6ccccc6o5)cc4)cc3)cc2)cc1. The van der Waals surface area contributed by atoms with Crippen LogP contribution < -0.4 is 0 Å². The number of fused-ring (bicyclic) bond motifs is 1. The summed E-state index contributed by atoms with van der Waals surface area (Å²) >= 11 is 0. The molecule has 0 saturated carbocycles. The fraction of sp³-hybridized carbons (Fsp3) is 0.0312. The highest BCUT2D eigenvalue weighted by molar-refractivity contribution is 5.77. The summed E-state index contributed by atoms with van der Waals surface area (Å²) in [5.41, 5.74) is 7.77. The number of oxazole rings is 1. The Morgan fingerprint density at radius 2 is 0.838 bits per heavy atom. The summed E-state index contributed by atoms with van der Waals surface area (Å²) in [4.78, 5) is 4.56. The summed E-state index contributed by atoms with van der Waals surface area (Å²) in [6, 6.07) is 37.2. The van der Waals surface area contributed by atoms with Gasteiger partial charge in [0.05, 0.1) is 5.56 Å². The van der Waals surface area contributed by atoms with Crippen LogP contribution in [0.1, 0.15) is 5.56 Å². The topological polar surface area (TPSA) is 26.0 Å². The Kier molecular flexibility index (Phi) is 5.61. The number of benzene rings is 5. The molecule has 1 aromatic heterocycles. The van der Waals surface area contributed by atoms with Gasteiger partial charge in [-0.25, -0.2) is 4.98 Å². The molecular formula is C32H20F3NO. The van der Waals surface area contributed by atoms with Gasteiger partial charge in [-0.05, 0) is 69.8 Å². The van der Waals surface area contributed by atoms with Crippen molar-refractivity contribution in [3.05, 3.63) is 127 Å². The van der Waals surface area contributed by atoms with Gasteiger partial charge in [0, 0.05) is 5.56 Å². The Bertz CT molecular complexity index is 1630. The van der Waals surface area contributed by atoms with Gasteiger partial charge in [0.15, 0.2) is 5.58 Å². The van der Waals surface area contributed by atoms with E-state index in [1.807, 2.05) is 60.7 Å². The average molecular weight is 492 g/mol. The van der Waals surface area contributed by atoms with Crippen molar-refractivity contribution in [2.75, 3.05) is 0 Å². The Morgan fingerprint density at radius 3 is 1.24 bits per heavy atom. The maximum Gasteiger partial charge on any atom is 0.416 e. The Morgan fingerprint density at radius 1 is 0.459 bits per heavy atom. The molecule has 5 aromatic carbocycles. The maximum atomic E-state index is 12.8. The summed E-state index contributed by atoms with van der Waals surface area (Å²) in [7, 11) is 0. The first-order chi connectivity index (χ1) is 17.9. The van der Waals surface area contributed by atoms with E-state index in [1.165, 1.54) is 12.1 Å². The van der Waals surface area contributed by atoms with Gasteiger partial charge in [0.1, 0.15) is 5.52 Å². The number of aromatic nitrogens is 1. The maximum absolute atomic E-state index is 12.8. The molecule has 0 fully saturated rings. The molecule has 0 atom stereocenters. The lowest BCUT2D eigenvalue weighted by molar-refractivity contribution is -0.137. The van der Waals surface area contributed by atoms with Gasteiger partial charge in [-0.2, -0.15) is 13.2 Å². The second-order valence-electron chi connectivity index (χ2n) is 8.79. The molecule has 0 N–H and O–H groups in total. The van der Waals surface area contributed by atoms with Crippen molar-refractivity contribution in [3.63, 3.8) is 0 Å². The molecule has 0 bridgehead atoms. The van der Waals surface area contributed by atoms with E-state index in [-0.39, 0.29) is 0 Å². The van der Waals surface area contributed by atoms with Gasteiger partial charge >= 0.3 is 6.18 Å². The summed E-state index contributed by atoms with van der Waals surface area (Å²) in [6.45, 7) is 0. The number of halogens is 3. The van der Waals surface area contributed by atoms with Crippen molar-refractivity contribution >= 4 is 11.1 Å². The van der Waals surface area contributed by atoms with Crippen molar-refractivity contribution in [1.29, 1.82) is 0 Å². The molecule has 6 rings (SSSR count). The molecule has 6 aromatic rings. The third kappa shape index (κ3) is 4.64. The fourth-order valence-corrected chi connectivity index (χ4v) is 4.36. The second kappa shape index (κ2) is 9.10. The molecule has 1 heterocycles. The quantitative estimate of drug-likeness (QED) is 0.245. The van der Waals surface area contributed by atoms with E-state index < -0.39 is 11.7 Å². The molecule has 0 aliphatic carbocycles.